The second kappa shape index (κ2) is 6.25. The number of carbonyl (C=O) groups is 1. The maximum absolute atomic E-state index is 12.7. The van der Waals surface area contributed by atoms with E-state index in [4.69, 9.17) is 10.5 Å². The first-order valence-electron chi connectivity index (χ1n) is 6.40. The van der Waals surface area contributed by atoms with E-state index in [2.05, 4.69) is 5.10 Å². The van der Waals surface area contributed by atoms with Gasteiger partial charge in [-0.05, 0) is 24.3 Å². The zero-order chi connectivity index (χ0) is 15.4. The minimum Gasteiger partial charge on any atom is -0.492 e. The van der Waals surface area contributed by atoms with Crippen LogP contribution in [0.5, 0.6) is 5.75 Å². The lowest BCUT2D eigenvalue weighted by molar-refractivity contribution is 0.0764. The number of rotatable bonds is 5. The van der Waals surface area contributed by atoms with E-state index >= 15 is 0 Å². The zero-order valence-corrected chi connectivity index (χ0v) is 11.9. The van der Waals surface area contributed by atoms with E-state index in [1.807, 2.05) is 0 Å². The second-order valence-electron chi connectivity index (χ2n) is 4.60. The monoisotopic (exact) mass is 292 g/mol. The van der Waals surface area contributed by atoms with Crippen LogP contribution in [0.25, 0.3) is 0 Å². The largest absolute Gasteiger partial charge is 0.492 e. The molecule has 1 aromatic carbocycles. The van der Waals surface area contributed by atoms with E-state index in [0.29, 0.717) is 30.3 Å². The average molecular weight is 292 g/mol. The number of aromatic nitrogens is 2. The van der Waals surface area contributed by atoms with Gasteiger partial charge in [-0.25, -0.2) is 4.39 Å². The summed E-state index contributed by atoms with van der Waals surface area (Å²) < 4.78 is 19.6. The van der Waals surface area contributed by atoms with Crippen molar-refractivity contribution in [3.05, 3.63) is 42.0 Å². The van der Waals surface area contributed by atoms with Crippen molar-refractivity contribution in [2.75, 3.05) is 25.9 Å². The molecule has 0 aliphatic rings. The highest BCUT2D eigenvalue weighted by Crippen LogP contribution is 2.13. The van der Waals surface area contributed by atoms with Crippen LogP contribution in [0.3, 0.4) is 0 Å². The molecule has 112 valence electrons. The van der Waals surface area contributed by atoms with Gasteiger partial charge < -0.3 is 15.4 Å². The minimum absolute atomic E-state index is 0.227. The summed E-state index contributed by atoms with van der Waals surface area (Å²) in [6.07, 6.45) is 1.44. The van der Waals surface area contributed by atoms with Crippen molar-refractivity contribution < 1.29 is 13.9 Å². The van der Waals surface area contributed by atoms with E-state index in [-0.39, 0.29) is 11.7 Å². The van der Waals surface area contributed by atoms with Crippen LogP contribution in [-0.4, -0.2) is 40.8 Å². The quantitative estimate of drug-likeness (QED) is 0.901. The topological polar surface area (TPSA) is 73.4 Å². The third-order valence-corrected chi connectivity index (χ3v) is 3.03. The van der Waals surface area contributed by atoms with Gasteiger partial charge in [-0.2, -0.15) is 5.10 Å². The molecule has 0 saturated heterocycles. The summed E-state index contributed by atoms with van der Waals surface area (Å²) in [6.45, 7) is 0.673. The number of nitrogens with zero attached hydrogens (tertiary/aromatic N) is 3. The molecule has 1 heterocycles. The lowest BCUT2D eigenvalue weighted by atomic mass is 10.3. The maximum atomic E-state index is 12.7. The molecule has 2 rings (SSSR count). The van der Waals surface area contributed by atoms with Gasteiger partial charge in [-0.3, -0.25) is 9.48 Å². The van der Waals surface area contributed by atoms with Gasteiger partial charge in [0.15, 0.2) is 0 Å². The molecule has 0 saturated carbocycles. The Morgan fingerprint density at radius 2 is 2.10 bits per heavy atom. The van der Waals surface area contributed by atoms with Crippen LogP contribution in [0.2, 0.25) is 0 Å². The van der Waals surface area contributed by atoms with Crippen molar-refractivity contribution in [3.8, 4) is 5.75 Å². The molecule has 7 heteroatoms. The Morgan fingerprint density at radius 1 is 1.43 bits per heavy atom. The third-order valence-electron chi connectivity index (χ3n) is 3.03. The SMILES string of the molecule is CN(CCOc1ccc(F)cc1)C(=O)c1c(N)cnn1C. The van der Waals surface area contributed by atoms with E-state index in [1.54, 1.807) is 14.1 Å². The average Bonchev–Trinajstić information content (AvgIpc) is 2.79. The Labute approximate surface area is 121 Å². The molecule has 1 amide bonds. The van der Waals surface area contributed by atoms with E-state index in [1.165, 1.54) is 40.0 Å². The minimum atomic E-state index is -0.318. The van der Waals surface area contributed by atoms with Gasteiger partial charge in [0.25, 0.3) is 5.91 Å². The van der Waals surface area contributed by atoms with Crippen LogP contribution >= 0.6 is 0 Å². The smallest absolute Gasteiger partial charge is 0.274 e. The standard InChI is InChI=1S/C14H17FN4O2/c1-18(14(20)13-12(16)9-17-19(13)2)7-8-21-11-5-3-10(15)4-6-11/h3-6,9H,7-8,16H2,1-2H3. The first kappa shape index (κ1) is 14.8. The number of ether oxygens (including phenoxy) is 1. The van der Waals surface area contributed by atoms with Crippen LogP contribution in [-0.2, 0) is 7.05 Å². The maximum Gasteiger partial charge on any atom is 0.274 e. The number of nitrogens with two attached hydrogens (primary N) is 1. The molecule has 0 aliphatic heterocycles. The van der Waals surface area contributed by atoms with Gasteiger partial charge >= 0.3 is 0 Å². The summed E-state index contributed by atoms with van der Waals surface area (Å²) in [6, 6.07) is 5.72. The van der Waals surface area contributed by atoms with Crippen LogP contribution in [0, 0.1) is 5.82 Å². The molecule has 2 N–H and O–H groups in total. The van der Waals surface area contributed by atoms with Crippen LogP contribution in [0.1, 0.15) is 10.5 Å². The number of amides is 1. The number of hydrogen-bond acceptors (Lipinski definition) is 4. The highest BCUT2D eigenvalue weighted by atomic mass is 19.1. The van der Waals surface area contributed by atoms with Crippen molar-refractivity contribution in [1.82, 2.24) is 14.7 Å². The predicted molar refractivity (Wildman–Crippen MR) is 76.5 cm³/mol. The first-order valence-corrected chi connectivity index (χ1v) is 6.40. The summed E-state index contributed by atoms with van der Waals surface area (Å²) >= 11 is 0. The normalized spacial score (nSPS) is 10.4. The number of aryl methyl sites for hydroxylation is 1. The van der Waals surface area contributed by atoms with Crippen LogP contribution < -0.4 is 10.5 Å². The Balaban J connectivity index is 1.88. The van der Waals surface area contributed by atoms with Crippen molar-refractivity contribution in [2.45, 2.75) is 0 Å². The van der Waals surface area contributed by atoms with Crippen molar-refractivity contribution in [3.63, 3.8) is 0 Å². The van der Waals surface area contributed by atoms with Gasteiger partial charge in [0.2, 0.25) is 0 Å². The van der Waals surface area contributed by atoms with E-state index in [0.717, 1.165) is 0 Å². The summed E-state index contributed by atoms with van der Waals surface area (Å²) in [5.74, 6) is 0.00818. The van der Waals surface area contributed by atoms with Gasteiger partial charge in [-0.1, -0.05) is 0 Å². The van der Waals surface area contributed by atoms with Crippen LogP contribution in [0.15, 0.2) is 30.5 Å². The summed E-state index contributed by atoms with van der Waals surface area (Å²) in [4.78, 5) is 13.7. The fourth-order valence-corrected chi connectivity index (χ4v) is 1.83. The molecule has 0 bridgehead atoms. The van der Waals surface area contributed by atoms with Crippen LogP contribution in [0.4, 0.5) is 10.1 Å². The number of halogens is 1. The lowest BCUT2D eigenvalue weighted by Gasteiger charge is -2.17. The Bertz CT molecular complexity index is 605. The molecule has 21 heavy (non-hydrogen) atoms. The molecule has 0 spiro atoms. The van der Waals surface area contributed by atoms with Gasteiger partial charge in [-0.15, -0.1) is 0 Å². The molecule has 1 aromatic heterocycles. The van der Waals surface area contributed by atoms with E-state index in [9.17, 15) is 9.18 Å². The number of likely N-dealkylation sites (N-methyl/N-ethyl adjacent to an activating group) is 1. The van der Waals surface area contributed by atoms with Crippen molar-refractivity contribution >= 4 is 11.6 Å². The fraction of sp³-hybridized carbons (Fsp3) is 0.286. The summed E-state index contributed by atoms with van der Waals surface area (Å²) in [5, 5.41) is 3.93. The summed E-state index contributed by atoms with van der Waals surface area (Å²) in [5.41, 5.74) is 6.40. The summed E-state index contributed by atoms with van der Waals surface area (Å²) in [7, 11) is 3.31. The highest BCUT2D eigenvalue weighted by molar-refractivity contribution is 5.97. The first-order chi connectivity index (χ1) is 9.99. The van der Waals surface area contributed by atoms with Crippen molar-refractivity contribution in [1.29, 1.82) is 0 Å². The fourth-order valence-electron chi connectivity index (χ4n) is 1.83. The lowest BCUT2D eigenvalue weighted by Crippen LogP contribution is -2.32. The molecule has 0 unspecified atom stereocenters. The zero-order valence-electron chi connectivity index (χ0n) is 11.9. The Hall–Kier alpha value is -2.57. The Morgan fingerprint density at radius 3 is 2.67 bits per heavy atom. The van der Waals surface area contributed by atoms with Gasteiger partial charge in [0.1, 0.15) is 23.9 Å². The predicted octanol–water partition coefficient (Wildman–Crippen LogP) is 1.29. The highest BCUT2D eigenvalue weighted by Gasteiger charge is 2.18. The molecular weight excluding hydrogens is 275 g/mol. The number of hydrogen-bond donors (Lipinski definition) is 1. The van der Waals surface area contributed by atoms with Gasteiger partial charge in [0.05, 0.1) is 18.4 Å². The Kier molecular flexibility index (Phi) is 4.42. The molecular formula is C14H17FN4O2. The van der Waals surface area contributed by atoms with Crippen molar-refractivity contribution in [2.24, 2.45) is 7.05 Å². The number of carbonyl (C=O) groups excluding carboxylic acids is 1. The number of anilines is 1. The number of nitrogen functional groups attached to an aromatic ring is 1. The molecule has 0 aliphatic carbocycles. The van der Waals surface area contributed by atoms with E-state index < -0.39 is 0 Å². The van der Waals surface area contributed by atoms with Gasteiger partial charge in [0, 0.05) is 14.1 Å². The molecule has 2 aromatic rings. The molecule has 0 fully saturated rings. The number of benzene rings is 1. The molecule has 0 radical (unpaired) electrons. The third kappa shape index (κ3) is 3.50. The molecule has 0 atom stereocenters. The molecule has 6 nitrogen and oxygen atoms in total. The second-order valence-corrected chi connectivity index (χ2v) is 4.60.